The highest BCUT2D eigenvalue weighted by Gasteiger charge is 2.08. The standard InChI is InChI=1S/C13H12N4O3/c1-9(18)11-6-14-13(15-7-11)10-2-4-17(16-8-10)5-3-12(19)20/h2,4,6-8H,3,5H2,1H3. The van der Waals surface area contributed by atoms with Gasteiger partial charge in [-0.05, 0) is 12.0 Å². The first-order valence-electron chi connectivity index (χ1n) is 5.95. The van der Waals surface area contributed by atoms with E-state index < -0.39 is 5.97 Å². The quantitative estimate of drug-likeness (QED) is 0.520. The molecule has 0 radical (unpaired) electrons. The number of carboxylic acids is 1. The van der Waals surface area contributed by atoms with Crippen LogP contribution in [0.4, 0.5) is 0 Å². The fourth-order valence-electron chi connectivity index (χ4n) is 1.51. The molecule has 0 atom stereocenters. The molecule has 0 saturated carbocycles. The molecule has 2 aromatic rings. The molecule has 102 valence electrons. The summed E-state index contributed by atoms with van der Waals surface area (Å²) < 4.78 is 1.49. The number of carbonyl (C=O) groups is 2. The van der Waals surface area contributed by atoms with Gasteiger partial charge in [0.15, 0.2) is 24.3 Å². The normalized spacial score (nSPS) is 10.2. The van der Waals surface area contributed by atoms with E-state index in [1.165, 1.54) is 30.2 Å². The minimum Gasteiger partial charge on any atom is -0.550 e. The zero-order valence-electron chi connectivity index (χ0n) is 10.8. The predicted octanol–water partition coefficient (Wildman–Crippen LogP) is -0.831. The number of Topliss-reactive ketones (excluding diaryl/α,β-unsaturated/α-hetero) is 1. The number of aliphatic carboxylic acids is 1. The Labute approximate surface area is 114 Å². The summed E-state index contributed by atoms with van der Waals surface area (Å²) in [7, 11) is 0. The smallest absolute Gasteiger partial charge is 0.197 e. The summed E-state index contributed by atoms with van der Waals surface area (Å²) in [4.78, 5) is 29.6. The Morgan fingerprint density at radius 2 is 1.95 bits per heavy atom. The summed E-state index contributed by atoms with van der Waals surface area (Å²) in [5, 5.41) is 14.4. The highest BCUT2D eigenvalue weighted by atomic mass is 16.4. The molecule has 0 aliphatic rings. The van der Waals surface area contributed by atoms with Gasteiger partial charge < -0.3 is 9.90 Å². The van der Waals surface area contributed by atoms with Crippen molar-refractivity contribution in [2.24, 2.45) is 0 Å². The second-order valence-electron chi connectivity index (χ2n) is 4.15. The van der Waals surface area contributed by atoms with Crippen LogP contribution in [0.1, 0.15) is 23.7 Å². The first-order valence-corrected chi connectivity index (χ1v) is 5.95. The van der Waals surface area contributed by atoms with Crippen molar-refractivity contribution in [3.8, 4) is 11.4 Å². The lowest BCUT2D eigenvalue weighted by Gasteiger charge is -2.00. The van der Waals surface area contributed by atoms with E-state index in [0.717, 1.165) is 0 Å². The minimum atomic E-state index is -1.12. The van der Waals surface area contributed by atoms with Gasteiger partial charge in [-0.2, -0.15) is 0 Å². The van der Waals surface area contributed by atoms with E-state index in [1.54, 1.807) is 12.3 Å². The van der Waals surface area contributed by atoms with Crippen molar-refractivity contribution in [3.05, 3.63) is 36.4 Å². The van der Waals surface area contributed by atoms with Gasteiger partial charge in [-0.3, -0.25) is 4.79 Å². The lowest BCUT2D eigenvalue weighted by atomic mass is 10.2. The maximum atomic E-state index is 11.1. The van der Waals surface area contributed by atoms with Gasteiger partial charge in [-0.25, -0.2) is 9.97 Å². The average molecular weight is 272 g/mol. The highest BCUT2D eigenvalue weighted by molar-refractivity contribution is 5.93. The van der Waals surface area contributed by atoms with E-state index >= 15 is 0 Å². The number of rotatable bonds is 5. The van der Waals surface area contributed by atoms with Crippen molar-refractivity contribution in [1.29, 1.82) is 0 Å². The van der Waals surface area contributed by atoms with Crippen molar-refractivity contribution >= 4 is 11.8 Å². The zero-order chi connectivity index (χ0) is 14.5. The van der Waals surface area contributed by atoms with E-state index in [9.17, 15) is 14.7 Å². The Hall–Kier alpha value is -2.70. The van der Waals surface area contributed by atoms with Crippen LogP contribution in [0.2, 0.25) is 0 Å². The topological polar surface area (TPSA) is 99.8 Å². The molecule has 0 spiro atoms. The molecule has 7 heteroatoms. The first kappa shape index (κ1) is 13.7. The molecule has 20 heavy (non-hydrogen) atoms. The summed E-state index contributed by atoms with van der Waals surface area (Å²) in [6.07, 6.45) is 6.00. The Morgan fingerprint density at radius 1 is 1.25 bits per heavy atom. The third-order valence-corrected chi connectivity index (χ3v) is 2.63. The van der Waals surface area contributed by atoms with Gasteiger partial charge in [0.1, 0.15) is 6.20 Å². The molecule has 0 amide bonds. The van der Waals surface area contributed by atoms with Crippen molar-refractivity contribution in [3.63, 3.8) is 0 Å². The number of carboxylic acid groups (broad SMARTS) is 1. The van der Waals surface area contributed by atoms with Crippen molar-refractivity contribution in [2.75, 3.05) is 0 Å². The summed E-state index contributed by atoms with van der Waals surface area (Å²) >= 11 is 0. The molecule has 0 aromatic carbocycles. The molecule has 0 fully saturated rings. The number of aromatic nitrogens is 4. The molecule has 0 bridgehead atoms. The zero-order valence-corrected chi connectivity index (χ0v) is 10.8. The van der Waals surface area contributed by atoms with Crippen LogP contribution in [-0.4, -0.2) is 26.8 Å². The average Bonchev–Trinajstić information content (AvgIpc) is 2.46. The summed E-state index contributed by atoms with van der Waals surface area (Å²) in [6, 6.07) is 1.73. The molecule has 0 unspecified atom stereocenters. The van der Waals surface area contributed by atoms with Crippen LogP contribution >= 0.6 is 0 Å². The maximum absolute atomic E-state index is 11.1. The Bertz CT molecular complexity index is 623. The predicted molar refractivity (Wildman–Crippen MR) is 65.1 cm³/mol. The number of hydrogen-bond acceptors (Lipinski definition) is 6. The van der Waals surface area contributed by atoms with Crippen LogP contribution < -0.4 is 9.79 Å². The summed E-state index contributed by atoms with van der Waals surface area (Å²) in [5.74, 6) is -0.760. The molecule has 0 N–H and O–H groups in total. The lowest BCUT2D eigenvalue weighted by Crippen LogP contribution is -2.40. The van der Waals surface area contributed by atoms with Crippen LogP contribution in [0.3, 0.4) is 0 Å². The second kappa shape index (κ2) is 5.96. The van der Waals surface area contributed by atoms with E-state index in [1.807, 2.05) is 0 Å². The van der Waals surface area contributed by atoms with Gasteiger partial charge in [0.05, 0.1) is 5.56 Å². The Balaban J connectivity index is 2.13. The molecule has 7 nitrogen and oxygen atoms in total. The largest absolute Gasteiger partial charge is 0.550 e. The number of nitrogens with zero attached hydrogens (tertiary/aromatic N) is 4. The molecule has 2 heterocycles. The molecule has 2 aromatic heterocycles. The molecular weight excluding hydrogens is 260 g/mol. The van der Waals surface area contributed by atoms with E-state index in [2.05, 4.69) is 15.1 Å². The van der Waals surface area contributed by atoms with Crippen LogP contribution in [0, 0.1) is 0 Å². The van der Waals surface area contributed by atoms with Gasteiger partial charge in [0.2, 0.25) is 0 Å². The number of aryl methyl sites for hydroxylation is 1. The second-order valence-corrected chi connectivity index (χ2v) is 4.15. The van der Waals surface area contributed by atoms with Crippen LogP contribution in [0.15, 0.2) is 30.9 Å². The van der Waals surface area contributed by atoms with E-state index in [4.69, 9.17) is 0 Å². The van der Waals surface area contributed by atoms with Crippen molar-refractivity contribution < 1.29 is 19.4 Å². The lowest BCUT2D eigenvalue weighted by molar-refractivity contribution is -0.753. The van der Waals surface area contributed by atoms with E-state index in [-0.39, 0.29) is 18.7 Å². The SMILES string of the molecule is CC(=O)c1cnc(-c2cc[n+](CCC(=O)[O-])nc2)nc1. The van der Waals surface area contributed by atoms with Crippen LogP contribution in [-0.2, 0) is 11.3 Å². The van der Waals surface area contributed by atoms with Crippen LogP contribution in [0.25, 0.3) is 11.4 Å². The van der Waals surface area contributed by atoms with Crippen molar-refractivity contribution in [1.82, 2.24) is 15.1 Å². The van der Waals surface area contributed by atoms with Gasteiger partial charge in [0.25, 0.3) is 0 Å². The van der Waals surface area contributed by atoms with Crippen molar-refractivity contribution in [2.45, 2.75) is 19.9 Å². The highest BCUT2D eigenvalue weighted by Crippen LogP contribution is 2.11. The number of carbonyl (C=O) groups excluding carboxylic acids is 2. The Morgan fingerprint density at radius 3 is 2.45 bits per heavy atom. The summed E-state index contributed by atoms with van der Waals surface area (Å²) in [5.41, 5.74) is 1.13. The molecule has 0 saturated heterocycles. The fraction of sp³-hybridized carbons (Fsp3) is 0.231. The number of ketones is 1. The van der Waals surface area contributed by atoms with Gasteiger partial charge in [-0.15, -0.1) is 0 Å². The van der Waals surface area contributed by atoms with Gasteiger partial charge in [-0.1, -0.05) is 4.68 Å². The maximum Gasteiger partial charge on any atom is 0.197 e. The minimum absolute atomic E-state index is 0.0946. The third-order valence-electron chi connectivity index (χ3n) is 2.63. The molecular formula is C13H12N4O3. The number of hydrogen-bond donors (Lipinski definition) is 0. The van der Waals surface area contributed by atoms with Gasteiger partial charge in [0, 0.05) is 36.4 Å². The molecule has 0 aliphatic heterocycles. The monoisotopic (exact) mass is 272 g/mol. The van der Waals surface area contributed by atoms with Crippen LogP contribution in [0.5, 0.6) is 0 Å². The first-order chi connectivity index (χ1) is 9.56. The molecule has 2 rings (SSSR count). The fourth-order valence-corrected chi connectivity index (χ4v) is 1.51. The Kier molecular flexibility index (Phi) is 4.09. The van der Waals surface area contributed by atoms with E-state index in [0.29, 0.717) is 17.0 Å². The third kappa shape index (κ3) is 3.41. The summed E-state index contributed by atoms with van der Waals surface area (Å²) in [6.45, 7) is 1.69. The van der Waals surface area contributed by atoms with Gasteiger partial charge >= 0.3 is 0 Å². The molecule has 0 aliphatic carbocycles.